The number of halogens is 1. The Labute approximate surface area is 172 Å². The van der Waals surface area contributed by atoms with E-state index in [4.69, 9.17) is 24.4 Å². The highest BCUT2D eigenvalue weighted by Crippen LogP contribution is 2.45. The van der Waals surface area contributed by atoms with E-state index in [0.29, 0.717) is 21.5 Å². The molecule has 0 aliphatic carbocycles. The van der Waals surface area contributed by atoms with Crippen LogP contribution in [-0.2, 0) is 14.3 Å². The molecule has 0 amide bonds. The van der Waals surface area contributed by atoms with Gasteiger partial charge in [0.2, 0.25) is 5.90 Å². The van der Waals surface area contributed by atoms with E-state index in [1.165, 1.54) is 7.11 Å². The van der Waals surface area contributed by atoms with Crippen molar-refractivity contribution in [1.82, 2.24) is 0 Å². The van der Waals surface area contributed by atoms with Crippen LogP contribution in [0.4, 0.5) is 0 Å². The lowest BCUT2D eigenvalue weighted by molar-refractivity contribution is -0.139. The molecule has 0 fully saturated rings. The molecular weight excluding hydrogens is 428 g/mol. The van der Waals surface area contributed by atoms with Crippen molar-refractivity contribution in [2.45, 2.75) is 19.8 Å². The zero-order chi connectivity index (χ0) is 20.8. The van der Waals surface area contributed by atoms with Crippen molar-refractivity contribution in [3.05, 3.63) is 46.2 Å². The van der Waals surface area contributed by atoms with E-state index in [2.05, 4.69) is 28.6 Å². The Morgan fingerprint density at radius 3 is 2.79 bits per heavy atom. The average molecular weight is 449 g/mol. The van der Waals surface area contributed by atoms with Crippen molar-refractivity contribution in [1.29, 1.82) is 10.7 Å². The quantitative estimate of drug-likeness (QED) is 0.497. The van der Waals surface area contributed by atoms with Gasteiger partial charge in [0.15, 0.2) is 11.5 Å². The molecule has 0 radical (unpaired) electrons. The first-order chi connectivity index (χ1) is 13.4. The van der Waals surface area contributed by atoms with Crippen LogP contribution in [0.2, 0.25) is 0 Å². The number of hydrogen-bond donors (Lipinski definition) is 1. The normalized spacial score (nSPS) is 18.8. The number of rotatable bonds is 7. The molecule has 148 valence electrons. The minimum atomic E-state index is -0.986. The maximum absolute atomic E-state index is 12.6. The van der Waals surface area contributed by atoms with Gasteiger partial charge in [-0.25, -0.2) is 4.79 Å². The standard InChI is InChI=1S/C20H21BrN2O5/c1-5-7-27-18-14(21)8-12(9-15(18)25-4)17-13(10-22)19(23)28-11(3)16(17)20(24)26-6-2/h5,8-9,13,17,23H,1,6-7H2,2-4H3. The van der Waals surface area contributed by atoms with Crippen LogP contribution in [0.15, 0.2) is 40.6 Å². The number of nitrogens with one attached hydrogen (secondary N) is 1. The zero-order valence-electron chi connectivity index (χ0n) is 15.9. The Kier molecular flexibility index (Phi) is 7.24. The molecule has 0 spiro atoms. The van der Waals surface area contributed by atoms with Crippen LogP contribution in [0.1, 0.15) is 25.3 Å². The minimum Gasteiger partial charge on any atom is -0.493 e. The molecule has 7 nitrogen and oxygen atoms in total. The highest BCUT2D eigenvalue weighted by molar-refractivity contribution is 9.10. The summed E-state index contributed by atoms with van der Waals surface area (Å²) in [7, 11) is 1.49. The number of methoxy groups -OCH3 is 1. The van der Waals surface area contributed by atoms with Gasteiger partial charge in [0, 0.05) is 5.92 Å². The molecule has 1 N–H and O–H groups in total. The molecule has 8 heteroatoms. The predicted octanol–water partition coefficient (Wildman–Crippen LogP) is 4.09. The lowest BCUT2D eigenvalue weighted by Crippen LogP contribution is -2.33. The van der Waals surface area contributed by atoms with Crippen molar-refractivity contribution < 1.29 is 23.7 Å². The third-order valence-corrected chi connectivity index (χ3v) is 4.75. The van der Waals surface area contributed by atoms with Crippen LogP contribution in [0, 0.1) is 22.7 Å². The van der Waals surface area contributed by atoms with Crippen LogP contribution in [0.5, 0.6) is 11.5 Å². The Bertz CT molecular complexity index is 872. The number of hydrogen-bond acceptors (Lipinski definition) is 7. The molecule has 2 unspecified atom stereocenters. The fraction of sp³-hybridized carbons (Fsp3) is 0.350. The summed E-state index contributed by atoms with van der Waals surface area (Å²) in [5, 5.41) is 17.7. The van der Waals surface area contributed by atoms with E-state index in [-0.39, 0.29) is 30.4 Å². The molecule has 1 aliphatic heterocycles. The van der Waals surface area contributed by atoms with Gasteiger partial charge in [-0.2, -0.15) is 5.26 Å². The SMILES string of the molecule is C=CCOc1c(Br)cc(C2C(C(=O)OCC)=C(C)OC(=N)C2C#N)cc1OC. The third-order valence-electron chi connectivity index (χ3n) is 4.16. The lowest BCUT2D eigenvalue weighted by Gasteiger charge is -2.31. The van der Waals surface area contributed by atoms with E-state index in [9.17, 15) is 10.1 Å². The second-order valence-electron chi connectivity index (χ2n) is 5.87. The second-order valence-corrected chi connectivity index (χ2v) is 6.73. The molecule has 0 saturated carbocycles. The highest BCUT2D eigenvalue weighted by atomic mass is 79.9. The summed E-state index contributed by atoms with van der Waals surface area (Å²) in [6, 6.07) is 5.48. The summed E-state index contributed by atoms with van der Waals surface area (Å²) < 4.78 is 22.2. The number of benzene rings is 1. The summed E-state index contributed by atoms with van der Waals surface area (Å²) in [5.74, 6) is -1.41. The van der Waals surface area contributed by atoms with Crippen molar-refractivity contribution in [2.75, 3.05) is 20.3 Å². The second kappa shape index (κ2) is 9.42. The largest absolute Gasteiger partial charge is 0.493 e. The van der Waals surface area contributed by atoms with Crippen LogP contribution in [0.25, 0.3) is 0 Å². The number of esters is 1. The molecule has 1 aromatic rings. The first-order valence-corrected chi connectivity index (χ1v) is 9.33. The Morgan fingerprint density at radius 2 is 2.21 bits per heavy atom. The van der Waals surface area contributed by atoms with Gasteiger partial charge in [-0.3, -0.25) is 5.41 Å². The number of ether oxygens (including phenoxy) is 4. The molecular formula is C20H21BrN2O5. The molecule has 0 bridgehead atoms. The summed E-state index contributed by atoms with van der Waals surface area (Å²) in [6.45, 7) is 7.36. The van der Waals surface area contributed by atoms with Gasteiger partial charge in [-0.05, 0) is 47.5 Å². The molecule has 2 rings (SSSR count). The van der Waals surface area contributed by atoms with Crippen LogP contribution in [0.3, 0.4) is 0 Å². The van der Waals surface area contributed by atoms with E-state index in [1.54, 1.807) is 32.1 Å². The van der Waals surface area contributed by atoms with E-state index >= 15 is 0 Å². The topological polar surface area (TPSA) is 102 Å². The van der Waals surface area contributed by atoms with Crippen LogP contribution >= 0.6 is 15.9 Å². The molecule has 0 aromatic heterocycles. The van der Waals surface area contributed by atoms with Gasteiger partial charge in [0.1, 0.15) is 18.3 Å². The fourth-order valence-electron chi connectivity index (χ4n) is 2.99. The third kappa shape index (κ3) is 4.20. The molecule has 1 aliphatic rings. The summed E-state index contributed by atoms with van der Waals surface area (Å²) in [4.78, 5) is 12.6. The van der Waals surface area contributed by atoms with E-state index < -0.39 is 17.8 Å². The van der Waals surface area contributed by atoms with Crippen molar-refractivity contribution >= 4 is 27.8 Å². The molecule has 2 atom stereocenters. The number of nitriles is 1. The fourth-order valence-corrected chi connectivity index (χ4v) is 3.57. The molecule has 1 heterocycles. The number of allylic oxidation sites excluding steroid dienone is 1. The number of nitrogens with zero attached hydrogens (tertiary/aromatic N) is 1. The highest BCUT2D eigenvalue weighted by Gasteiger charge is 2.41. The summed E-state index contributed by atoms with van der Waals surface area (Å²) >= 11 is 3.46. The zero-order valence-corrected chi connectivity index (χ0v) is 17.5. The van der Waals surface area contributed by atoms with Crippen molar-refractivity contribution in [2.24, 2.45) is 5.92 Å². The van der Waals surface area contributed by atoms with Gasteiger partial charge < -0.3 is 18.9 Å². The van der Waals surface area contributed by atoms with Crippen LogP contribution < -0.4 is 9.47 Å². The van der Waals surface area contributed by atoms with Gasteiger partial charge in [0.25, 0.3) is 0 Å². The van der Waals surface area contributed by atoms with E-state index in [1.807, 2.05) is 0 Å². The first-order valence-electron chi connectivity index (χ1n) is 8.54. The Balaban J connectivity index is 2.65. The van der Waals surface area contributed by atoms with Crippen molar-refractivity contribution in [3.8, 4) is 17.6 Å². The van der Waals surface area contributed by atoms with Gasteiger partial charge >= 0.3 is 5.97 Å². The van der Waals surface area contributed by atoms with Crippen molar-refractivity contribution in [3.63, 3.8) is 0 Å². The maximum Gasteiger partial charge on any atom is 0.338 e. The lowest BCUT2D eigenvalue weighted by atomic mass is 9.78. The average Bonchev–Trinajstić information content (AvgIpc) is 2.66. The number of carbonyl (C=O) groups is 1. The molecule has 0 saturated heterocycles. The Hall–Kier alpha value is -2.79. The smallest absolute Gasteiger partial charge is 0.338 e. The number of carbonyl (C=O) groups excluding carboxylic acids is 1. The predicted molar refractivity (Wildman–Crippen MR) is 106 cm³/mol. The Morgan fingerprint density at radius 1 is 1.50 bits per heavy atom. The van der Waals surface area contributed by atoms with Gasteiger partial charge in [-0.1, -0.05) is 12.7 Å². The monoisotopic (exact) mass is 448 g/mol. The summed E-state index contributed by atoms with van der Waals surface area (Å²) in [6.07, 6.45) is 1.61. The van der Waals surface area contributed by atoms with Gasteiger partial charge in [0.05, 0.1) is 29.8 Å². The van der Waals surface area contributed by atoms with Gasteiger partial charge in [-0.15, -0.1) is 0 Å². The first kappa shape index (κ1) is 21.5. The minimum absolute atomic E-state index is 0.179. The summed E-state index contributed by atoms with van der Waals surface area (Å²) in [5.41, 5.74) is 0.801. The molecule has 1 aromatic carbocycles. The van der Waals surface area contributed by atoms with Crippen LogP contribution in [-0.4, -0.2) is 32.2 Å². The molecule has 28 heavy (non-hydrogen) atoms. The maximum atomic E-state index is 12.6. The van der Waals surface area contributed by atoms with E-state index in [0.717, 1.165) is 0 Å².